The highest BCUT2D eigenvalue weighted by Gasteiger charge is 2.27. The highest BCUT2D eigenvalue weighted by molar-refractivity contribution is 6.09. The molecular formula is C21H21FN6O. The lowest BCUT2D eigenvalue weighted by Gasteiger charge is -2.34. The van der Waals surface area contributed by atoms with Crippen molar-refractivity contribution in [2.75, 3.05) is 48.8 Å². The smallest absolute Gasteiger partial charge is 0.283 e. The van der Waals surface area contributed by atoms with Crippen molar-refractivity contribution in [3.05, 3.63) is 64.2 Å². The second-order valence-electron chi connectivity index (χ2n) is 7.48. The summed E-state index contributed by atoms with van der Waals surface area (Å²) in [5.74, 6) is -0.569. The van der Waals surface area contributed by atoms with Crippen LogP contribution in [-0.2, 0) is 4.79 Å². The van der Waals surface area contributed by atoms with Crippen LogP contribution < -0.4 is 31.8 Å². The van der Waals surface area contributed by atoms with Crippen molar-refractivity contribution < 1.29 is 9.18 Å². The second-order valence-corrected chi connectivity index (χ2v) is 7.48. The van der Waals surface area contributed by atoms with Crippen LogP contribution in [0.3, 0.4) is 0 Å². The first-order chi connectivity index (χ1) is 14.0. The SMILES string of the molecule is CN1CCN(c2ccc3c(c2)N/C(=C2/C(=O)N=c4cccc(F)c4=C2N)N3)CC1. The van der Waals surface area contributed by atoms with Gasteiger partial charge in [-0.05, 0) is 37.4 Å². The van der Waals surface area contributed by atoms with Crippen LogP contribution >= 0.6 is 0 Å². The fourth-order valence-electron chi connectivity index (χ4n) is 3.95. The molecule has 148 valence electrons. The van der Waals surface area contributed by atoms with Gasteiger partial charge >= 0.3 is 0 Å². The molecule has 2 aromatic rings. The lowest BCUT2D eigenvalue weighted by atomic mass is 10.1. The summed E-state index contributed by atoms with van der Waals surface area (Å²) >= 11 is 0. The number of anilines is 3. The summed E-state index contributed by atoms with van der Waals surface area (Å²) in [5, 5.41) is 6.83. The molecular weight excluding hydrogens is 371 g/mol. The maximum absolute atomic E-state index is 14.3. The van der Waals surface area contributed by atoms with Gasteiger partial charge < -0.3 is 26.2 Å². The first-order valence-electron chi connectivity index (χ1n) is 9.55. The van der Waals surface area contributed by atoms with Gasteiger partial charge in [-0.2, -0.15) is 0 Å². The van der Waals surface area contributed by atoms with Gasteiger partial charge in [0.1, 0.15) is 17.2 Å². The number of hydrogen-bond donors (Lipinski definition) is 3. The van der Waals surface area contributed by atoms with Crippen LogP contribution in [0.25, 0.3) is 5.70 Å². The van der Waals surface area contributed by atoms with E-state index in [2.05, 4.69) is 44.6 Å². The van der Waals surface area contributed by atoms with Gasteiger partial charge in [-0.1, -0.05) is 6.07 Å². The van der Waals surface area contributed by atoms with E-state index >= 15 is 0 Å². The van der Waals surface area contributed by atoms with E-state index in [1.165, 1.54) is 12.1 Å². The number of likely N-dealkylation sites (N-methyl/N-ethyl adjacent to an activating group) is 1. The fraction of sp³-hybridized carbons (Fsp3) is 0.238. The van der Waals surface area contributed by atoms with Gasteiger partial charge in [0, 0.05) is 31.9 Å². The van der Waals surface area contributed by atoms with Gasteiger partial charge in [0.05, 0.1) is 27.6 Å². The molecule has 7 nitrogen and oxygen atoms in total. The first kappa shape index (κ1) is 17.7. The summed E-state index contributed by atoms with van der Waals surface area (Å²) in [4.78, 5) is 21.3. The third kappa shape index (κ3) is 2.92. The average molecular weight is 392 g/mol. The number of nitrogens with zero attached hydrogens (tertiary/aromatic N) is 3. The van der Waals surface area contributed by atoms with Gasteiger partial charge in [-0.3, -0.25) is 4.79 Å². The molecule has 0 bridgehead atoms. The Hall–Kier alpha value is -3.39. The number of piperazine rings is 1. The molecule has 4 N–H and O–H groups in total. The molecule has 3 heterocycles. The fourth-order valence-corrected chi connectivity index (χ4v) is 3.95. The normalized spacial score (nSPS) is 21.2. The molecule has 0 spiro atoms. The molecule has 0 atom stereocenters. The van der Waals surface area contributed by atoms with Crippen molar-refractivity contribution in [2.24, 2.45) is 10.7 Å². The highest BCUT2D eigenvalue weighted by atomic mass is 19.1. The molecule has 1 saturated heterocycles. The van der Waals surface area contributed by atoms with Crippen molar-refractivity contribution >= 4 is 28.7 Å². The number of nitrogens with two attached hydrogens (primary N) is 1. The van der Waals surface area contributed by atoms with Gasteiger partial charge in [-0.25, -0.2) is 9.38 Å². The summed E-state index contributed by atoms with van der Waals surface area (Å²) in [6.07, 6.45) is 0. The lowest BCUT2D eigenvalue weighted by molar-refractivity contribution is -0.114. The van der Waals surface area contributed by atoms with Gasteiger partial charge in [0.15, 0.2) is 0 Å². The molecule has 0 aliphatic carbocycles. The Morgan fingerprint density at radius 1 is 1.07 bits per heavy atom. The first-order valence-corrected chi connectivity index (χ1v) is 9.55. The van der Waals surface area contributed by atoms with Crippen LogP contribution in [0.15, 0.2) is 52.8 Å². The number of nitrogens with one attached hydrogen (secondary N) is 2. The largest absolute Gasteiger partial charge is 0.397 e. The third-order valence-corrected chi connectivity index (χ3v) is 5.61. The van der Waals surface area contributed by atoms with E-state index in [0.717, 1.165) is 43.2 Å². The number of hydrogen-bond acceptors (Lipinski definition) is 6. The van der Waals surface area contributed by atoms with Crippen LogP contribution in [-0.4, -0.2) is 44.0 Å². The Morgan fingerprint density at radius 2 is 1.83 bits per heavy atom. The zero-order chi connectivity index (χ0) is 20.1. The standard InChI is InChI=1S/C21H21FN6O/c1-27-7-9-28(10-8-27)12-5-6-14-16(11-12)25-20(24-14)18-19(23)17-13(22)3-2-4-15(17)26-21(18)29/h2-6,11,24-25H,7-10,23H2,1H3/b20-18+. The molecule has 2 aromatic carbocycles. The molecule has 1 amide bonds. The Morgan fingerprint density at radius 3 is 2.62 bits per heavy atom. The summed E-state index contributed by atoms with van der Waals surface area (Å²) in [5.41, 5.74) is 9.24. The van der Waals surface area contributed by atoms with E-state index in [1.54, 1.807) is 6.07 Å². The second kappa shape index (κ2) is 6.59. The Bertz CT molecular complexity index is 1180. The van der Waals surface area contributed by atoms with Crippen LogP contribution in [0.1, 0.15) is 0 Å². The number of benzene rings is 2. The Balaban J connectivity index is 1.52. The number of amides is 1. The summed E-state index contributed by atoms with van der Waals surface area (Å²) in [6.45, 7) is 3.96. The summed E-state index contributed by atoms with van der Waals surface area (Å²) < 4.78 is 14.3. The van der Waals surface area contributed by atoms with Crippen molar-refractivity contribution in [2.45, 2.75) is 0 Å². The Kier molecular flexibility index (Phi) is 4.02. The summed E-state index contributed by atoms with van der Waals surface area (Å²) in [7, 11) is 2.12. The zero-order valence-corrected chi connectivity index (χ0v) is 16.0. The van der Waals surface area contributed by atoms with E-state index in [9.17, 15) is 9.18 Å². The monoisotopic (exact) mass is 392 g/mol. The third-order valence-electron chi connectivity index (χ3n) is 5.61. The van der Waals surface area contributed by atoms with Crippen LogP contribution in [0.2, 0.25) is 0 Å². The van der Waals surface area contributed by atoms with Crippen molar-refractivity contribution in [1.82, 2.24) is 4.90 Å². The zero-order valence-electron chi connectivity index (χ0n) is 16.0. The minimum Gasteiger partial charge on any atom is -0.397 e. The molecule has 29 heavy (non-hydrogen) atoms. The van der Waals surface area contributed by atoms with E-state index in [-0.39, 0.29) is 21.8 Å². The number of carbonyl (C=O) groups excluding carboxylic acids is 1. The molecule has 0 unspecified atom stereocenters. The molecule has 1 fully saturated rings. The van der Waals surface area contributed by atoms with Gasteiger partial charge in [0.2, 0.25) is 0 Å². The van der Waals surface area contributed by atoms with E-state index in [0.29, 0.717) is 5.82 Å². The Labute approximate surface area is 167 Å². The van der Waals surface area contributed by atoms with Gasteiger partial charge in [-0.15, -0.1) is 0 Å². The average Bonchev–Trinajstić information content (AvgIpc) is 3.11. The maximum atomic E-state index is 14.3. The number of fused-ring (bicyclic) bond motifs is 2. The van der Waals surface area contributed by atoms with Crippen LogP contribution in [0.5, 0.6) is 0 Å². The minimum absolute atomic E-state index is 0.0835. The molecule has 0 radical (unpaired) electrons. The predicted molar refractivity (Wildman–Crippen MR) is 110 cm³/mol. The minimum atomic E-state index is -0.498. The number of halogens is 1. The van der Waals surface area contributed by atoms with Crippen molar-refractivity contribution in [3.8, 4) is 0 Å². The molecule has 5 rings (SSSR count). The molecule has 0 saturated carbocycles. The maximum Gasteiger partial charge on any atom is 0.283 e. The quantitative estimate of drug-likeness (QED) is 0.615. The van der Waals surface area contributed by atoms with E-state index in [4.69, 9.17) is 5.73 Å². The highest BCUT2D eigenvalue weighted by Crippen LogP contribution is 2.36. The van der Waals surface area contributed by atoms with E-state index in [1.807, 2.05) is 6.07 Å². The lowest BCUT2D eigenvalue weighted by Crippen LogP contribution is -2.44. The molecule has 3 aliphatic rings. The summed E-state index contributed by atoms with van der Waals surface area (Å²) in [6, 6.07) is 10.5. The molecule has 0 aromatic heterocycles. The van der Waals surface area contributed by atoms with Crippen molar-refractivity contribution in [3.63, 3.8) is 0 Å². The van der Waals surface area contributed by atoms with E-state index < -0.39 is 11.7 Å². The topological polar surface area (TPSA) is 86.0 Å². The number of rotatable bonds is 1. The molecule has 3 aliphatic heterocycles. The van der Waals surface area contributed by atoms with Crippen LogP contribution in [0.4, 0.5) is 21.5 Å². The van der Waals surface area contributed by atoms with Crippen LogP contribution in [0, 0.1) is 5.82 Å². The predicted octanol–water partition coefficient (Wildman–Crippen LogP) is 0.553. The van der Waals surface area contributed by atoms with Gasteiger partial charge in [0.25, 0.3) is 5.91 Å². The number of carbonyl (C=O) groups is 1. The molecule has 8 heteroatoms. The van der Waals surface area contributed by atoms with Crippen molar-refractivity contribution in [1.29, 1.82) is 0 Å².